The zero-order valence-corrected chi connectivity index (χ0v) is 14.7. The van der Waals surface area contributed by atoms with E-state index in [4.69, 9.17) is 0 Å². The Balaban J connectivity index is 1.98. The van der Waals surface area contributed by atoms with Crippen LogP contribution in [0.25, 0.3) is 0 Å². The summed E-state index contributed by atoms with van der Waals surface area (Å²) in [6.07, 6.45) is 0.880. The molecule has 0 spiro atoms. The number of halogens is 2. The third-order valence-electron chi connectivity index (χ3n) is 4.12. The third-order valence-corrected chi connectivity index (χ3v) is 4.84. The van der Waals surface area contributed by atoms with Crippen molar-refractivity contribution < 1.29 is 23.2 Å². The first-order chi connectivity index (χ1) is 11.8. The Kier molecular flexibility index (Phi) is 5.99. The van der Waals surface area contributed by atoms with Crippen molar-refractivity contribution >= 4 is 35.3 Å². The van der Waals surface area contributed by atoms with Crippen molar-refractivity contribution in [1.29, 1.82) is 0 Å². The molecule has 0 bridgehead atoms. The topological polar surface area (TPSA) is 78.5 Å². The van der Waals surface area contributed by atoms with Crippen LogP contribution in [0.1, 0.15) is 26.7 Å². The molecular formula is C16H19F2N3O3S. The molecule has 9 heteroatoms. The van der Waals surface area contributed by atoms with Crippen molar-refractivity contribution in [1.82, 2.24) is 10.2 Å². The summed E-state index contributed by atoms with van der Waals surface area (Å²) in [5.41, 5.74) is -0.557. The van der Waals surface area contributed by atoms with E-state index >= 15 is 0 Å². The van der Waals surface area contributed by atoms with Crippen LogP contribution in [0.3, 0.4) is 0 Å². The third kappa shape index (κ3) is 4.28. The lowest BCUT2D eigenvalue weighted by Crippen LogP contribution is -2.46. The number of anilines is 1. The summed E-state index contributed by atoms with van der Waals surface area (Å²) in [5, 5.41) is 5.19. The zero-order valence-electron chi connectivity index (χ0n) is 13.8. The highest BCUT2D eigenvalue weighted by atomic mass is 32.2. The van der Waals surface area contributed by atoms with Crippen molar-refractivity contribution in [3.63, 3.8) is 0 Å². The summed E-state index contributed by atoms with van der Waals surface area (Å²) >= 11 is 0.406. The molecule has 0 unspecified atom stereocenters. The number of nitrogens with one attached hydrogen (secondary N) is 2. The summed E-state index contributed by atoms with van der Waals surface area (Å²) in [4.78, 5) is 37.8. The first-order valence-corrected chi connectivity index (χ1v) is 8.68. The van der Waals surface area contributed by atoms with Crippen LogP contribution in [-0.2, 0) is 9.59 Å². The van der Waals surface area contributed by atoms with Gasteiger partial charge in [-0.2, -0.15) is 8.78 Å². The zero-order chi connectivity index (χ0) is 18.6. The van der Waals surface area contributed by atoms with E-state index in [0.29, 0.717) is 35.2 Å². The molecular weight excluding hydrogens is 352 g/mol. The highest BCUT2D eigenvalue weighted by Gasteiger charge is 2.49. The van der Waals surface area contributed by atoms with Crippen LogP contribution in [0.5, 0.6) is 0 Å². The molecule has 1 saturated heterocycles. The number of benzene rings is 1. The van der Waals surface area contributed by atoms with Gasteiger partial charge in [0.1, 0.15) is 12.1 Å². The van der Waals surface area contributed by atoms with Crippen molar-refractivity contribution in [3.05, 3.63) is 24.3 Å². The molecule has 0 aromatic heterocycles. The van der Waals surface area contributed by atoms with Crippen LogP contribution in [0, 0.1) is 0 Å². The molecule has 1 aromatic carbocycles. The standard InChI is InChI=1S/C16H19F2N3O3S/c1-3-16(4-2)13(23)21(15(24)20-16)9-12(22)19-10-5-7-11(8-6-10)25-14(17)18/h5-8,14H,3-4,9H2,1-2H3,(H,19,22)(H,20,24). The lowest BCUT2D eigenvalue weighted by Gasteiger charge is -2.23. The molecule has 1 aromatic rings. The maximum Gasteiger partial charge on any atom is 0.325 e. The van der Waals surface area contributed by atoms with Crippen LogP contribution >= 0.6 is 11.8 Å². The number of hydrogen-bond donors (Lipinski definition) is 2. The fourth-order valence-corrected chi connectivity index (χ4v) is 3.11. The number of hydrogen-bond acceptors (Lipinski definition) is 4. The van der Waals surface area contributed by atoms with Gasteiger partial charge in [0.05, 0.1) is 0 Å². The number of carbonyl (C=O) groups excluding carboxylic acids is 3. The van der Waals surface area contributed by atoms with E-state index in [-0.39, 0.29) is 0 Å². The molecule has 0 atom stereocenters. The van der Waals surface area contributed by atoms with Gasteiger partial charge in [-0.1, -0.05) is 25.6 Å². The molecule has 136 valence electrons. The number of alkyl halides is 2. The van der Waals surface area contributed by atoms with Crippen LogP contribution in [0.2, 0.25) is 0 Å². The van der Waals surface area contributed by atoms with Crippen molar-refractivity contribution in [2.45, 2.75) is 42.9 Å². The number of urea groups is 1. The molecule has 4 amide bonds. The molecule has 25 heavy (non-hydrogen) atoms. The molecule has 2 N–H and O–H groups in total. The Morgan fingerprint density at radius 2 is 1.84 bits per heavy atom. The second-order valence-electron chi connectivity index (χ2n) is 5.56. The average Bonchev–Trinajstić information content (AvgIpc) is 2.81. The largest absolute Gasteiger partial charge is 0.325 e. The maximum atomic E-state index is 12.4. The second-order valence-corrected chi connectivity index (χ2v) is 6.63. The molecule has 1 aliphatic rings. The lowest BCUT2D eigenvalue weighted by atomic mass is 9.93. The average molecular weight is 371 g/mol. The minimum atomic E-state index is -2.52. The maximum absolute atomic E-state index is 12.4. The van der Waals surface area contributed by atoms with Gasteiger partial charge in [-0.25, -0.2) is 4.79 Å². The van der Waals surface area contributed by atoms with Gasteiger partial charge in [0.15, 0.2) is 0 Å². The van der Waals surface area contributed by atoms with E-state index < -0.39 is 35.7 Å². The second kappa shape index (κ2) is 7.81. The van der Waals surface area contributed by atoms with Gasteiger partial charge >= 0.3 is 6.03 Å². The van der Waals surface area contributed by atoms with Crippen molar-refractivity contribution in [2.75, 3.05) is 11.9 Å². The van der Waals surface area contributed by atoms with Gasteiger partial charge in [-0.15, -0.1) is 0 Å². The number of carbonyl (C=O) groups is 3. The van der Waals surface area contributed by atoms with Gasteiger partial charge in [-0.3, -0.25) is 14.5 Å². The van der Waals surface area contributed by atoms with E-state index in [9.17, 15) is 23.2 Å². The summed E-state index contributed by atoms with van der Waals surface area (Å²) in [6.45, 7) is 3.19. The number of nitrogens with zero attached hydrogens (tertiary/aromatic N) is 1. The van der Waals surface area contributed by atoms with E-state index in [1.165, 1.54) is 24.3 Å². The predicted molar refractivity (Wildman–Crippen MR) is 90.5 cm³/mol. The Bertz CT molecular complexity index is 663. The Labute approximate surface area is 148 Å². The lowest BCUT2D eigenvalue weighted by molar-refractivity contribution is -0.134. The van der Waals surface area contributed by atoms with E-state index in [1.54, 1.807) is 13.8 Å². The molecule has 6 nitrogen and oxygen atoms in total. The van der Waals surface area contributed by atoms with Gasteiger partial charge in [0, 0.05) is 10.6 Å². The highest BCUT2D eigenvalue weighted by Crippen LogP contribution is 2.27. The van der Waals surface area contributed by atoms with E-state index in [0.717, 1.165) is 4.90 Å². The Morgan fingerprint density at radius 3 is 2.32 bits per heavy atom. The molecule has 0 saturated carbocycles. The van der Waals surface area contributed by atoms with Gasteiger partial charge in [0.2, 0.25) is 5.91 Å². The SMILES string of the molecule is CCC1(CC)NC(=O)N(CC(=O)Nc2ccc(SC(F)F)cc2)C1=O. The summed E-state index contributed by atoms with van der Waals surface area (Å²) < 4.78 is 24.5. The fraction of sp³-hybridized carbons (Fsp3) is 0.438. The van der Waals surface area contributed by atoms with Crippen LogP contribution in [0.4, 0.5) is 19.3 Å². The first kappa shape index (κ1) is 19.2. The van der Waals surface area contributed by atoms with E-state index in [1.807, 2.05) is 0 Å². The van der Waals surface area contributed by atoms with Crippen molar-refractivity contribution in [3.8, 4) is 0 Å². The Hall–Kier alpha value is -2.16. The quantitative estimate of drug-likeness (QED) is 0.570. The van der Waals surface area contributed by atoms with Crippen LogP contribution < -0.4 is 10.6 Å². The molecule has 2 rings (SSSR count). The summed E-state index contributed by atoms with van der Waals surface area (Å²) in [7, 11) is 0. The number of thioether (sulfide) groups is 1. The molecule has 1 aliphatic heterocycles. The normalized spacial score (nSPS) is 16.3. The minimum absolute atomic E-state index is 0.373. The number of amides is 4. The minimum Gasteiger partial charge on any atom is -0.325 e. The molecule has 1 fully saturated rings. The predicted octanol–water partition coefficient (Wildman–Crippen LogP) is 3.05. The molecule has 0 radical (unpaired) electrons. The number of rotatable bonds is 7. The van der Waals surface area contributed by atoms with Crippen LogP contribution in [0.15, 0.2) is 29.2 Å². The fourth-order valence-electron chi connectivity index (χ4n) is 2.61. The summed E-state index contributed by atoms with van der Waals surface area (Å²) in [5.74, 6) is -3.47. The monoisotopic (exact) mass is 371 g/mol. The highest BCUT2D eigenvalue weighted by molar-refractivity contribution is 7.99. The smallest absolute Gasteiger partial charge is 0.325 e. The van der Waals surface area contributed by atoms with Gasteiger partial charge < -0.3 is 10.6 Å². The van der Waals surface area contributed by atoms with Crippen molar-refractivity contribution in [2.24, 2.45) is 0 Å². The first-order valence-electron chi connectivity index (χ1n) is 7.80. The molecule has 0 aliphatic carbocycles. The summed E-state index contributed by atoms with van der Waals surface area (Å²) in [6, 6.07) is 5.29. The van der Waals surface area contributed by atoms with Gasteiger partial charge in [0.25, 0.3) is 11.7 Å². The number of imide groups is 1. The van der Waals surface area contributed by atoms with E-state index in [2.05, 4.69) is 10.6 Å². The molecule has 1 heterocycles. The van der Waals surface area contributed by atoms with Crippen LogP contribution in [-0.4, -0.2) is 40.6 Å². The van der Waals surface area contributed by atoms with Gasteiger partial charge in [-0.05, 0) is 37.1 Å². The Morgan fingerprint density at radius 1 is 1.24 bits per heavy atom.